The molecule has 0 fully saturated rings. The van der Waals surface area contributed by atoms with E-state index in [1.807, 2.05) is 45.0 Å². The van der Waals surface area contributed by atoms with Crippen molar-refractivity contribution in [2.75, 3.05) is 11.9 Å². The molecule has 0 aliphatic carbocycles. The smallest absolute Gasteiger partial charge is 0.262 e. The Morgan fingerprint density at radius 3 is 2.90 bits per heavy atom. The van der Waals surface area contributed by atoms with Crippen LogP contribution in [0.25, 0.3) is 0 Å². The number of nitrogens with one attached hydrogen (secondary N) is 1. The largest absolute Gasteiger partial charge is 0.480 e. The highest BCUT2D eigenvalue weighted by Gasteiger charge is 2.06. The Morgan fingerprint density at radius 1 is 1.45 bits per heavy atom. The van der Waals surface area contributed by atoms with Crippen molar-refractivity contribution < 1.29 is 9.53 Å². The summed E-state index contributed by atoms with van der Waals surface area (Å²) in [4.78, 5) is 11.8. The quantitative estimate of drug-likeness (QED) is 0.911. The molecule has 1 amide bonds. The Balaban J connectivity index is 1.85. The van der Waals surface area contributed by atoms with Gasteiger partial charge in [-0.05, 0) is 38.5 Å². The van der Waals surface area contributed by atoms with Crippen LogP contribution in [0.3, 0.4) is 0 Å². The van der Waals surface area contributed by atoms with E-state index in [1.54, 1.807) is 17.1 Å². The molecule has 2 aromatic rings. The van der Waals surface area contributed by atoms with Gasteiger partial charge in [0.1, 0.15) is 0 Å². The molecule has 5 heteroatoms. The number of carbonyl (C=O) groups excluding carboxylic acids is 1. The summed E-state index contributed by atoms with van der Waals surface area (Å²) in [5, 5.41) is 6.94. The summed E-state index contributed by atoms with van der Waals surface area (Å²) in [6, 6.07) is 7.91. The molecule has 1 aromatic heterocycles. The van der Waals surface area contributed by atoms with Crippen LogP contribution in [-0.4, -0.2) is 22.3 Å². The molecule has 1 aromatic carbocycles. The minimum absolute atomic E-state index is 0.0300. The van der Waals surface area contributed by atoms with E-state index in [2.05, 4.69) is 10.4 Å². The molecule has 2 rings (SSSR count). The van der Waals surface area contributed by atoms with E-state index in [-0.39, 0.29) is 18.6 Å². The van der Waals surface area contributed by atoms with Crippen LogP contribution >= 0.6 is 0 Å². The summed E-state index contributed by atoms with van der Waals surface area (Å²) < 4.78 is 7.19. The van der Waals surface area contributed by atoms with Gasteiger partial charge in [0, 0.05) is 11.7 Å². The van der Waals surface area contributed by atoms with Crippen LogP contribution in [0.5, 0.6) is 5.75 Å². The lowest BCUT2D eigenvalue weighted by molar-refractivity contribution is -0.118. The molecule has 0 aliphatic rings. The summed E-state index contributed by atoms with van der Waals surface area (Å²) >= 11 is 0. The fraction of sp³-hybridized carbons (Fsp3) is 0.333. The molecule has 0 bridgehead atoms. The molecule has 1 heterocycles. The van der Waals surface area contributed by atoms with Gasteiger partial charge in [-0.1, -0.05) is 12.1 Å². The van der Waals surface area contributed by atoms with Crippen molar-refractivity contribution in [3.05, 3.63) is 42.2 Å². The van der Waals surface area contributed by atoms with Crippen molar-refractivity contribution in [2.45, 2.75) is 26.8 Å². The van der Waals surface area contributed by atoms with Gasteiger partial charge in [0.05, 0.1) is 12.4 Å². The molecule has 0 atom stereocenters. The molecule has 0 radical (unpaired) electrons. The SMILES string of the molecule is Cc1cccc(NC(=O)COc2cnn(C(C)C)c2)c1. The second kappa shape index (κ2) is 6.23. The van der Waals surface area contributed by atoms with Crippen LogP contribution in [0.1, 0.15) is 25.5 Å². The zero-order chi connectivity index (χ0) is 14.5. The maximum absolute atomic E-state index is 11.8. The van der Waals surface area contributed by atoms with Crippen LogP contribution in [-0.2, 0) is 4.79 Å². The first-order chi connectivity index (χ1) is 9.54. The highest BCUT2D eigenvalue weighted by molar-refractivity contribution is 5.91. The Bertz CT molecular complexity index is 590. The number of anilines is 1. The van der Waals surface area contributed by atoms with E-state index < -0.39 is 0 Å². The number of aromatic nitrogens is 2. The molecule has 5 nitrogen and oxygen atoms in total. The van der Waals surface area contributed by atoms with Crippen molar-refractivity contribution in [3.8, 4) is 5.75 Å². The minimum Gasteiger partial charge on any atom is -0.480 e. The number of hydrogen-bond donors (Lipinski definition) is 1. The molecule has 0 saturated carbocycles. The summed E-state index contributed by atoms with van der Waals surface area (Å²) in [6.45, 7) is 6.01. The van der Waals surface area contributed by atoms with Gasteiger partial charge in [-0.15, -0.1) is 0 Å². The number of carbonyl (C=O) groups is 1. The van der Waals surface area contributed by atoms with Gasteiger partial charge in [0.15, 0.2) is 12.4 Å². The van der Waals surface area contributed by atoms with Gasteiger partial charge in [0.2, 0.25) is 0 Å². The molecule has 0 aliphatic heterocycles. The number of rotatable bonds is 5. The standard InChI is InChI=1S/C15H19N3O2/c1-11(2)18-9-14(8-16-18)20-10-15(19)17-13-6-4-5-12(3)7-13/h4-9,11H,10H2,1-3H3,(H,17,19). The van der Waals surface area contributed by atoms with Gasteiger partial charge in [-0.25, -0.2) is 0 Å². The lowest BCUT2D eigenvalue weighted by atomic mass is 10.2. The van der Waals surface area contributed by atoms with Crippen LogP contribution in [0, 0.1) is 6.92 Å². The lowest BCUT2D eigenvalue weighted by Crippen LogP contribution is -2.20. The summed E-state index contributed by atoms with van der Waals surface area (Å²) in [6.07, 6.45) is 3.39. The first-order valence-corrected chi connectivity index (χ1v) is 6.58. The van der Waals surface area contributed by atoms with E-state index >= 15 is 0 Å². The van der Waals surface area contributed by atoms with Crippen molar-refractivity contribution in [3.63, 3.8) is 0 Å². The van der Waals surface area contributed by atoms with Crippen molar-refractivity contribution >= 4 is 11.6 Å². The highest BCUT2D eigenvalue weighted by Crippen LogP contribution is 2.13. The fourth-order valence-corrected chi connectivity index (χ4v) is 1.75. The molecule has 20 heavy (non-hydrogen) atoms. The van der Waals surface area contributed by atoms with Gasteiger partial charge >= 0.3 is 0 Å². The van der Waals surface area contributed by atoms with E-state index in [0.29, 0.717) is 5.75 Å². The number of aryl methyl sites for hydroxylation is 1. The van der Waals surface area contributed by atoms with Crippen LogP contribution in [0.2, 0.25) is 0 Å². The number of hydrogen-bond acceptors (Lipinski definition) is 3. The maximum atomic E-state index is 11.8. The molecule has 0 unspecified atom stereocenters. The van der Waals surface area contributed by atoms with Crippen molar-refractivity contribution in [2.24, 2.45) is 0 Å². The van der Waals surface area contributed by atoms with Gasteiger partial charge in [-0.2, -0.15) is 5.10 Å². The third-order valence-electron chi connectivity index (χ3n) is 2.78. The van der Waals surface area contributed by atoms with E-state index in [4.69, 9.17) is 4.74 Å². The zero-order valence-corrected chi connectivity index (χ0v) is 12.0. The third-order valence-corrected chi connectivity index (χ3v) is 2.78. The summed E-state index contributed by atoms with van der Waals surface area (Å²) in [5.74, 6) is 0.408. The minimum atomic E-state index is -0.187. The van der Waals surface area contributed by atoms with E-state index in [1.165, 1.54) is 0 Å². The summed E-state index contributed by atoms with van der Waals surface area (Å²) in [5.41, 5.74) is 1.87. The van der Waals surface area contributed by atoms with E-state index in [0.717, 1.165) is 11.3 Å². The van der Waals surface area contributed by atoms with Crippen molar-refractivity contribution in [1.82, 2.24) is 9.78 Å². The lowest BCUT2D eigenvalue weighted by Gasteiger charge is -2.07. The highest BCUT2D eigenvalue weighted by atomic mass is 16.5. The van der Waals surface area contributed by atoms with Crippen LogP contribution in [0.15, 0.2) is 36.7 Å². The van der Waals surface area contributed by atoms with Crippen LogP contribution < -0.4 is 10.1 Å². The Labute approximate surface area is 118 Å². The topological polar surface area (TPSA) is 56.1 Å². The molecular weight excluding hydrogens is 254 g/mol. The average molecular weight is 273 g/mol. The Morgan fingerprint density at radius 2 is 2.25 bits per heavy atom. The number of nitrogens with zero attached hydrogens (tertiary/aromatic N) is 2. The maximum Gasteiger partial charge on any atom is 0.262 e. The number of ether oxygens (including phenoxy) is 1. The molecule has 0 spiro atoms. The van der Waals surface area contributed by atoms with Gasteiger partial charge in [0.25, 0.3) is 5.91 Å². The first-order valence-electron chi connectivity index (χ1n) is 6.58. The number of benzene rings is 1. The normalized spacial score (nSPS) is 10.6. The third kappa shape index (κ3) is 3.85. The molecule has 106 valence electrons. The monoisotopic (exact) mass is 273 g/mol. The average Bonchev–Trinajstić information content (AvgIpc) is 2.85. The first kappa shape index (κ1) is 14.1. The van der Waals surface area contributed by atoms with Crippen LogP contribution in [0.4, 0.5) is 5.69 Å². The predicted octanol–water partition coefficient (Wildman–Crippen LogP) is 2.79. The van der Waals surface area contributed by atoms with E-state index in [9.17, 15) is 4.79 Å². The Kier molecular flexibility index (Phi) is 4.40. The predicted molar refractivity (Wildman–Crippen MR) is 77.9 cm³/mol. The van der Waals surface area contributed by atoms with Gasteiger partial charge in [-0.3, -0.25) is 9.48 Å². The number of amides is 1. The Hall–Kier alpha value is -2.30. The molecular formula is C15H19N3O2. The van der Waals surface area contributed by atoms with Crippen molar-refractivity contribution in [1.29, 1.82) is 0 Å². The summed E-state index contributed by atoms with van der Waals surface area (Å²) in [7, 11) is 0. The second-order valence-corrected chi connectivity index (χ2v) is 4.96. The molecule has 0 saturated heterocycles. The molecule has 1 N–H and O–H groups in total. The fourth-order valence-electron chi connectivity index (χ4n) is 1.75. The second-order valence-electron chi connectivity index (χ2n) is 4.96. The van der Waals surface area contributed by atoms with Gasteiger partial charge < -0.3 is 10.1 Å². The zero-order valence-electron chi connectivity index (χ0n) is 12.0.